The van der Waals surface area contributed by atoms with E-state index in [0.717, 1.165) is 5.56 Å². The number of hydrogen-bond donors (Lipinski definition) is 2. The molecule has 0 saturated carbocycles. The van der Waals surface area contributed by atoms with E-state index in [4.69, 9.17) is 5.73 Å². The van der Waals surface area contributed by atoms with Crippen LogP contribution in [-0.4, -0.2) is 5.11 Å². The Kier molecular flexibility index (Phi) is 3.11. The number of rotatable bonds is 2. The van der Waals surface area contributed by atoms with Crippen LogP contribution in [0.3, 0.4) is 0 Å². The highest BCUT2D eigenvalue weighted by atomic mass is 19.1. The largest absolute Gasteiger partial charge is 0.398 e. The number of hydrogen-bond acceptors (Lipinski definition) is 2. The van der Waals surface area contributed by atoms with Crippen molar-refractivity contribution in [3.05, 3.63) is 65.0 Å². The number of aryl methyl sites for hydroxylation is 1. The van der Waals surface area contributed by atoms with Crippen molar-refractivity contribution >= 4 is 5.69 Å². The van der Waals surface area contributed by atoms with Gasteiger partial charge in [0.25, 0.3) is 0 Å². The summed E-state index contributed by atoms with van der Waals surface area (Å²) in [6, 6.07) is 11.3. The van der Waals surface area contributed by atoms with Crippen LogP contribution < -0.4 is 5.73 Å². The number of anilines is 1. The molecule has 2 aromatic carbocycles. The van der Waals surface area contributed by atoms with E-state index in [1.165, 1.54) is 12.1 Å². The maximum atomic E-state index is 13.1. The minimum atomic E-state index is -0.898. The smallest absolute Gasteiger partial charge is 0.123 e. The molecule has 3 N–H and O–H groups in total. The van der Waals surface area contributed by atoms with Crippen molar-refractivity contribution in [2.24, 2.45) is 0 Å². The topological polar surface area (TPSA) is 46.2 Å². The van der Waals surface area contributed by atoms with Crippen LogP contribution in [0.15, 0.2) is 42.5 Å². The third kappa shape index (κ3) is 2.45. The van der Waals surface area contributed by atoms with Crippen molar-refractivity contribution in [1.29, 1.82) is 0 Å². The third-order valence-electron chi connectivity index (χ3n) is 2.70. The molecular formula is C14H14FNO. The standard InChI is InChI=1S/C14H14FNO/c1-9-5-6-13(16)12(7-9)14(17)10-3-2-4-11(15)8-10/h2-8,14,17H,16H2,1H3. The van der Waals surface area contributed by atoms with E-state index >= 15 is 0 Å². The van der Waals surface area contributed by atoms with Crippen LogP contribution in [0.1, 0.15) is 22.8 Å². The lowest BCUT2D eigenvalue weighted by molar-refractivity contribution is 0.220. The van der Waals surface area contributed by atoms with Crippen LogP contribution in [0.2, 0.25) is 0 Å². The van der Waals surface area contributed by atoms with Gasteiger partial charge in [-0.15, -0.1) is 0 Å². The molecular weight excluding hydrogens is 217 g/mol. The maximum Gasteiger partial charge on any atom is 0.123 e. The Morgan fingerprint density at radius 2 is 1.94 bits per heavy atom. The molecule has 2 nitrogen and oxygen atoms in total. The normalized spacial score (nSPS) is 12.4. The fourth-order valence-corrected chi connectivity index (χ4v) is 1.79. The molecule has 17 heavy (non-hydrogen) atoms. The summed E-state index contributed by atoms with van der Waals surface area (Å²) in [5.41, 5.74) is 8.43. The Hall–Kier alpha value is -1.87. The molecule has 3 heteroatoms. The van der Waals surface area contributed by atoms with Crippen molar-refractivity contribution in [2.45, 2.75) is 13.0 Å². The molecule has 0 amide bonds. The predicted octanol–water partition coefficient (Wildman–Crippen LogP) is 2.80. The van der Waals surface area contributed by atoms with E-state index in [1.54, 1.807) is 18.2 Å². The first-order chi connectivity index (χ1) is 8.08. The Labute approximate surface area is 99.5 Å². The molecule has 0 heterocycles. The Morgan fingerprint density at radius 1 is 1.18 bits per heavy atom. The molecule has 2 rings (SSSR count). The molecule has 0 bridgehead atoms. The van der Waals surface area contributed by atoms with Crippen LogP contribution in [0, 0.1) is 12.7 Å². The van der Waals surface area contributed by atoms with E-state index in [1.807, 2.05) is 19.1 Å². The van der Waals surface area contributed by atoms with Crippen molar-refractivity contribution in [3.63, 3.8) is 0 Å². The Balaban J connectivity index is 2.43. The molecule has 0 saturated heterocycles. The first kappa shape index (κ1) is 11.6. The average Bonchev–Trinajstić information content (AvgIpc) is 2.31. The maximum absolute atomic E-state index is 13.1. The molecule has 0 aliphatic rings. The molecule has 0 fully saturated rings. The fourth-order valence-electron chi connectivity index (χ4n) is 1.79. The lowest BCUT2D eigenvalue weighted by Gasteiger charge is -2.14. The van der Waals surface area contributed by atoms with Gasteiger partial charge in [0.05, 0.1) is 0 Å². The summed E-state index contributed by atoms with van der Waals surface area (Å²) in [4.78, 5) is 0. The van der Waals surface area contributed by atoms with Gasteiger partial charge in [-0.3, -0.25) is 0 Å². The van der Waals surface area contributed by atoms with Crippen LogP contribution in [-0.2, 0) is 0 Å². The van der Waals surface area contributed by atoms with Crippen molar-refractivity contribution in [2.75, 3.05) is 5.73 Å². The molecule has 2 aromatic rings. The van der Waals surface area contributed by atoms with Gasteiger partial charge in [-0.1, -0.05) is 29.8 Å². The van der Waals surface area contributed by atoms with Crippen LogP contribution >= 0.6 is 0 Å². The van der Waals surface area contributed by atoms with Gasteiger partial charge < -0.3 is 10.8 Å². The van der Waals surface area contributed by atoms with E-state index in [2.05, 4.69) is 0 Å². The zero-order valence-electron chi connectivity index (χ0n) is 9.52. The van der Waals surface area contributed by atoms with E-state index in [0.29, 0.717) is 16.8 Å². The highest BCUT2D eigenvalue weighted by molar-refractivity contribution is 5.52. The first-order valence-electron chi connectivity index (χ1n) is 5.37. The third-order valence-corrected chi connectivity index (χ3v) is 2.70. The van der Waals surface area contributed by atoms with Gasteiger partial charge in [0, 0.05) is 11.3 Å². The average molecular weight is 231 g/mol. The summed E-state index contributed by atoms with van der Waals surface area (Å²) in [6.07, 6.45) is -0.898. The van der Waals surface area contributed by atoms with E-state index < -0.39 is 6.10 Å². The zero-order chi connectivity index (χ0) is 12.4. The molecule has 0 aliphatic carbocycles. The number of aliphatic hydroxyl groups is 1. The van der Waals surface area contributed by atoms with Gasteiger partial charge >= 0.3 is 0 Å². The highest BCUT2D eigenvalue weighted by Gasteiger charge is 2.14. The van der Waals surface area contributed by atoms with Gasteiger partial charge in [0.15, 0.2) is 0 Å². The summed E-state index contributed by atoms with van der Waals surface area (Å²) >= 11 is 0. The second-order valence-corrected chi connectivity index (χ2v) is 4.09. The molecule has 0 radical (unpaired) electrons. The van der Waals surface area contributed by atoms with Crippen LogP contribution in [0.4, 0.5) is 10.1 Å². The van der Waals surface area contributed by atoms with Gasteiger partial charge in [0.1, 0.15) is 11.9 Å². The number of benzene rings is 2. The molecule has 0 spiro atoms. The molecule has 1 atom stereocenters. The summed E-state index contributed by atoms with van der Waals surface area (Å²) in [5, 5.41) is 10.2. The van der Waals surface area contributed by atoms with Crippen molar-refractivity contribution in [3.8, 4) is 0 Å². The Morgan fingerprint density at radius 3 is 2.65 bits per heavy atom. The van der Waals surface area contributed by atoms with Crippen molar-refractivity contribution < 1.29 is 9.50 Å². The fraction of sp³-hybridized carbons (Fsp3) is 0.143. The number of nitrogens with two attached hydrogens (primary N) is 1. The molecule has 0 aliphatic heterocycles. The summed E-state index contributed by atoms with van der Waals surface area (Å²) in [5.74, 6) is -0.368. The molecule has 1 unspecified atom stereocenters. The van der Waals surface area contributed by atoms with Gasteiger partial charge in [-0.25, -0.2) is 4.39 Å². The second kappa shape index (κ2) is 4.55. The summed E-state index contributed by atoms with van der Waals surface area (Å²) in [6.45, 7) is 1.92. The summed E-state index contributed by atoms with van der Waals surface area (Å²) < 4.78 is 13.1. The highest BCUT2D eigenvalue weighted by Crippen LogP contribution is 2.27. The number of nitrogen functional groups attached to an aromatic ring is 1. The quantitative estimate of drug-likeness (QED) is 0.781. The van der Waals surface area contributed by atoms with Crippen molar-refractivity contribution in [1.82, 2.24) is 0 Å². The van der Waals surface area contributed by atoms with Gasteiger partial charge in [-0.05, 0) is 30.7 Å². The number of halogens is 1. The van der Waals surface area contributed by atoms with Crippen LogP contribution in [0.5, 0.6) is 0 Å². The Bertz CT molecular complexity index is 539. The van der Waals surface area contributed by atoms with E-state index in [-0.39, 0.29) is 5.82 Å². The van der Waals surface area contributed by atoms with E-state index in [9.17, 15) is 9.50 Å². The minimum Gasteiger partial charge on any atom is -0.398 e. The van der Waals surface area contributed by atoms with Crippen LogP contribution in [0.25, 0.3) is 0 Å². The first-order valence-corrected chi connectivity index (χ1v) is 5.37. The molecule has 88 valence electrons. The second-order valence-electron chi connectivity index (χ2n) is 4.09. The number of aliphatic hydroxyl groups excluding tert-OH is 1. The zero-order valence-corrected chi connectivity index (χ0v) is 9.52. The summed E-state index contributed by atoms with van der Waals surface area (Å²) in [7, 11) is 0. The lowest BCUT2D eigenvalue weighted by atomic mass is 9.98. The minimum absolute atomic E-state index is 0.368. The van der Waals surface area contributed by atoms with Gasteiger partial charge in [0.2, 0.25) is 0 Å². The predicted molar refractivity (Wildman–Crippen MR) is 66.1 cm³/mol. The van der Waals surface area contributed by atoms with Gasteiger partial charge in [-0.2, -0.15) is 0 Å². The monoisotopic (exact) mass is 231 g/mol. The SMILES string of the molecule is Cc1ccc(N)c(C(O)c2cccc(F)c2)c1. The lowest BCUT2D eigenvalue weighted by Crippen LogP contribution is -2.04. The molecule has 0 aromatic heterocycles.